The number of carbonyl (C=O) groups excluding carboxylic acids is 1. The fourth-order valence-corrected chi connectivity index (χ4v) is 4.49. The average molecular weight is 366 g/mol. The number of thiazole rings is 1. The second kappa shape index (κ2) is 5.51. The summed E-state index contributed by atoms with van der Waals surface area (Å²) in [5, 5.41) is 2.95. The monoisotopic (exact) mass is 365 g/mol. The number of hydrogen-bond acceptors (Lipinski definition) is 3. The summed E-state index contributed by atoms with van der Waals surface area (Å²) >= 11 is 13.9. The number of aromatic nitrogens is 2. The molecule has 0 bridgehead atoms. The van der Waals surface area contributed by atoms with Gasteiger partial charge in [0.1, 0.15) is 5.69 Å². The molecule has 0 saturated heterocycles. The molecule has 1 aliphatic heterocycles. The molecule has 0 fully saturated rings. The Balaban J connectivity index is 1.66. The van der Waals surface area contributed by atoms with Crippen LogP contribution in [0.15, 0.2) is 18.2 Å². The third-order valence-electron chi connectivity index (χ3n) is 4.01. The van der Waals surface area contributed by atoms with E-state index in [0.29, 0.717) is 28.8 Å². The van der Waals surface area contributed by atoms with Gasteiger partial charge >= 0.3 is 0 Å². The van der Waals surface area contributed by atoms with Crippen LogP contribution in [0.4, 0.5) is 0 Å². The number of hydrogen-bond donors (Lipinski definition) is 1. The number of nitrogens with one attached hydrogen (secondary N) is 1. The molecule has 3 heterocycles. The average Bonchev–Trinajstić information content (AvgIpc) is 3.07. The first-order chi connectivity index (χ1) is 11.0. The van der Waals surface area contributed by atoms with Crippen molar-refractivity contribution in [1.82, 2.24) is 14.9 Å². The standard InChI is InChI=1S/C16H13Cl2N3OS/c1-8-19-12-2-3-21(7-15(12)23-8)16(22)14-6-10-11(18)4-9(17)5-13(10)20-14/h4-6,20H,2-3,7H2,1H3. The second-order valence-electron chi connectivity index (χ2n) is 5.61. The summed E-state index contributed by atoms with van der Waals surface area (Å²) in [6.45, 7) is 3.29. The lowest BCUT2D eigenvalue weighted by Crippen LogP contribution is -2.35. The van der Waals surface area contributed by atoms with Crippen LogP contribution >= 0.6 is 34.5 Å². The highest BCUT2D eigenvalue weighted by Gasteiger charge is 2.25. The van der Waals surface area contributed by atoms with Gasteiger partial charge < -0.3 is 9.88 Å². The molecule has 1 amide bonds. The number of aryl methyl sites for hydroxylation is 1. The molecular weight excluding hydrogens is 353 g/mol. The second-order valence-corrected chi connectivity index (χ2v) is 7.74. The molecule has 1 aromatic carbocycles. The van der Waals surface area contributed by atoms with Gasteiger partial charge in [0.2, 0.25) is 0 Å². The molecule has 4 rings (SSSR count). The molecule has 0 radical (unpaired) electrons. The summed E-state index contributed by atoms with van der Waals surface area (Å²) in [4.78, 5) is 23.5. The predicted octanol–water partition coefficient (Wildman–Crippen LogP) is 4.44. The van der Waals surface area contributed by atoms with Crippen molar-refractivity contribution in [3.8, 4) is 0 Å². The molecule has 3 aromatic rings. The number of nitrogens with zero attached hydrogens (tertiary/aromatic N) is 2. The lowest BCUT2D eigenvalue weighted by atomic mass is 10.1. The number of H-pyrrole nitrogens is 1. The summed E-state index contributed by atoms with van der Waals surface area (Å²) in [5.41, 5.74) is 2.44. The Morgan fingerprint density at radius 1 is 1.35 bits per heavy atom. The molecule has 118 valence electrons. The van der Waals surface area contributed by atoms with Crippen molar-refractivity contribution in [3.05, 3.63) is 49.5 Å². The normalized spacial score (nSPS) is 14.3. The fourth-order valence-electron chi connectivity index (χ4n) is 2.94. The first-order valence-corrected chi connectivity index (χ1v) is 8.81. The van der Waals surface area contributed by atoms with Crippen LogP contribution in [0, 0.1) is 6.92 Å². The van der Waals surface area contributed by atoms with Crippen molar-refractivity contribution < 1.29 is 4.79 Å². The summed E-state index contributed by atoms with van der Waals surface area (Å²) in [7, 11) is 0. The minimum atomic E-state index is -0.0231. The lowest BCUT2D eigenvalue weighted by molar-refractivity contribution is 0.0731. The van der Waals surface area contributed by atoms with Crippen molar-refractivity contribution in [2.45, 2.75) is 19.9 Å². The lowest BCUT2D eigenvalue weighted by Gasteiger charge is -2.25. The van der Waals surface area contributed by atoms with Crippen molar-refractivity contribution in [1.29, 1.82) is 0 Å². The number of halogens is 2. The Kier molecular flexibility index (Phi) is 3.59. The van der Waals surface area contributed by atoms with Crippen molar-refractivity contribution in [2.24, 2.45) is 0 Å². The molecule has 2 aromatic heterocycles. The Bertz CT molecular complexity index is 931. The van der Waals surface area contributed by atoms with E-state index in [-0.39, 0.29) is 5.91 Å². The molecule has 1 aliphatic rings. The molecule has 0 spiro atoms. The minimum absolute atomic E-state index is 0.0231. The van der Waals surface area contributed by atoms with E-state index in [4.69, 9.17) is 23.2 Å². The molecule has 0 aliphatic carbocycles. The van der Waals surface area contributed by atoms with Crippen LogP contribution in [0.2, 0.25) is 10.0 Å². The minimum Gasteiger partial charge on any atom is -0.350 e. The zero-order chi connectivity index (χ0) is 16.1. The first-order valence-electron chi connectivity index (χ1n) is 7.23. The Morgan fingerprint density at radius 2 is 2.17 bits per heavy atom. The van der Waals surface area contributed by atoms with E-state index in [1.54, 1.807) is 29.5 Å². The van der Waals surface area contributed by atoms with E-state index in [0.717, 1.165) is 28.0 Å². The summed E-state index contributed by atoms with van der Waals surface area (Å²) in [6.07, 6.45) is 0.804. The summed E-state index contributed by atoms with van der Waals surface area (Å²) in [5.74, 6) is -0.0231. The number of rotatable bonds is 1. The largest absolute Gasteiger partial charge is 0.350 e. The molecule has 0 saturated carbocycles. The van der Waals surface area contributed by atoms with E-state index in [9.17, 15) is 4.79 Å². The number of aromatic amines is 1. The Labute approximate surface area is 147 Å². The van der Waals surface area contributed by atoms with E-state index in [1.807, 2.05) is 11.8 Å². The van der Waals surface area contributed by atoms with Crippen LogP contribution in [0.1, 0.15) is 26.1 Å². The van der Waals surface area contributed by atoms with Crippen LogP contribution in [-0.2, 0) is 13.0 Å². The van der Waals surface area contributed by atoms with Crippen LogP contribution in [0.25, 0.3) is 10.9 Å². The predicted molar refractivity (Wildman–Crippen MR) is 93.6 cm³/mol. The zero-order valence-electron chi connectivity index (χ0n) is 12.3. The van der Waals surface area contributed by atoms with Crippen LogP contribution in [-0.4, -0.2) is 27.3 Å². The van der Waals surface area contributed by atoms with Gasteiger partial charge in [-0.1, -0.05) is 23.2 Å². The van der Waals surface area contributed by atoms with Gasteiger partial charge in [-0.05, 0) is 25.1 Å². The van der Waals surface area contributed by atoms with Gasteiger partial charge in [0.25, 0.3) is 5.91 Å². The smallest absolute Gasteiger partial charge is 0.270 e. The van der Waals surface area contributed by atoms with E-state index in [2.05, 4.69) is 9.97 Å². The third-order valence-corrected chi connectivity index (χ3v) is 5.54. The van der Waals surface area contributed by atoms with Crippen LogP contribution in [0.3, 0.4) is 0 Å². The molecule has 0 unspecified atom stereocenters. The maximum absolute atomic E-state index is 12.8. The molecule has 0 atom stereocenters. The number of fused-ring (bicyclic) bond motifs is 2. The summed E-state index contributed by atoms with van der Waals surface area (Å²) in [6, 6.07) is 5.25. The van der Waals surface area contributed by atoms with Gasteiger partial charge in [-0.15, -0.1) is 11.3 Å². The fraction of sp³-hybridized carbons (Fsp3) is 0.250. The number of amides is 1. The highest BCUT2D eigenvalue weighted by atomic mass is 35.5. The maximum Gasteiger partial charge on any atom is 0.270 e. The highest BCUT2D eigenvalue weighted by molar-refractivity contribution is 7.11. The topological polar surface area (TPSA) is 49.0 Å². The Morgan fingerprint density at radius 3 is 3.00 bits per heavy atom. The molecular formula is C16H13Cl2N3OS. The van der Waals surface area contributed by atoms with Gasteiger partial charge in [0.05, 0.1) is 22.3 Å². The van der Waals surface area contributed by atoms with Crippen molar-refractivity contribution in [3.63, 3.8) is 0 Å². The highest BCUT2D eigenvalue weighted by Crippen LogP contribution is 2.30. The molecule has 4 nitrogen and oxygen atoms in total. The Hall–Kier alpha value is -1.56. The molecule has 1 N–H and O–H groups in total. The number of benzene rings is 1. The van der Waals surface area contributed by atoms with E-state index >= 15 is 0 Å². The summed E-state index contributed by atoms with van der Waals surface area (Å²) < 4.78 is 0. The van der Waals surface area contributed by atoms with Crippen LogP contribution < -0.4 is 0 Å². The van der Waals surface area contributed by atoms with Gasteiger partial charge in [-0.3, -0.25) is 4.79 Å². The maximum atomic E-state index is 12.8. The quantitative estimate of drug-likeness (QED) is 0.692. The van der Waals surface area contributed by atoms with Gasteiger partial charge in [0.15, 0.2) is 0 Å². The molecule has 23 heavy (non-hydrogen) atoms. The van der Waals surface area contributed by atoms with Gasteiger partial charge in [-0.2, -0.15) is 0 Å². The van der Waals surface area contributed by atoms with E-state index in [1.165, 1.54) is 4.88 Å². The van der Waals surface area contributed by atoms with Crippen molar-refractivity contribution in [2.75, 3.05) is 6.54 Å². The van der Waals surface area contributed by atoms with Crippen LogP contribution in [0.5, 0.6) is 0 Å². The zero-order valence-corrected chi connectivity index (χ0v) is 14.6. The van der Waals surface area contributed by atoms with Crippen molar-refractivity contribution >= 4 is 51.3 Å². The van der Waals surface area contributed by atoms with Gasteiger partial charge in [0, 0.05) is 33.8 Å². The first kappa shape index (κ1) is 15.0. The third kappa shape index (κ3) is 2.63. The van der Waals surface area contributed by atoms with Gasteiger partial charge in [-0.25, -0.2) is 4.98 Å². The van der Waals surface area contributed by atoms with E-state index < -0.39 is 0 Å². The molecule has 7 heteroatoms. The SMILES string of the molecule is Cc1nc2c(s1)CN(C(=O)c1cc3c(Cl)cc(Cl)cc3[nH]1)CC2. The number of carbonyl (C=O) groups is 1.